The quantitative estimate of drug-likeness (QED) is 0.748. The van der Waals surface area contributed by atoms with Crippen LogP contribution < -0.4 is 4.90 Å². The molecule has 1 saturated heterocycles. The Hall–Kier alpha value is -1.55. The molecule has 1 heterocycles. The van der Waals surface area contributed by atoms with Gasteiger partial charge in [-0.25, -0.2) is 0 Å². The van der Waals surface area contributed by atoms with Gasteiger partial charge in [-0.1, -0.05) is 17.7 Å². The zero-order valence-corrected chi connectivity index (χ0v) is 10.3. The third kappa shape index (κ3) is 2.26. The van der Waals surface area contributed by atoms with Gasteiger partial charge in [-0.15, -0.1) is 0 Å². The van der Waals surface area contributed by atoms with Crippen LogP contribution in [0.1, 0.15) is 10.4 Å². The molecule has 90 valence electrons. The van der Waals surface area contributed by atoms with Gasteiger partial charge in [-0.2, -0.15) is 0 Å². The fourth-order valence-electron chi connectivity index (χ4n) is 1.91. The van der Waals surface area contributed by atoms with E-state index in [1.54, 1.807) is 30.1 Å². The molecule has 1 aromatic carbocycles. The first kappa shape index (κ1) is 11.9. The molecule has 5 heteroatoms. The molecule has 1 aliphatic heterocycles. The number of anilines is 1. The van der Waals surface area contributed by atoms with Gasteiger partial charge in [-0.05, 0) is 12.1 Å². The molecule has 4 nitrogen and oxygen atoms in total. The van der Waals surface area contributed by atoms with E-state index in [0.717, 1.165) is 6.29 Å². The minimum atomic E-state index is 0.0352. The number of likely N-dealkylation sites (N-methyl/N-ethyl adjacent to an activating group) is 1. The number of carbonyl (C=O) groups excluding carboxylic acids is 2. The maximum atomic E-state index is 11.6. The number of aldehydes is 1. The molecular weight excluding hydrogens is 240 g/mol. The smallest absolute Gasteiger partial charge is 0.241 e. The Bertz CT molecular complexity index is 462. The molecule has 1 aliphatic rings. The highest BCUT2D eigenvalue weighted by molar-refractivity contribution is 6.34. The van der Waals surface area contributed by atoms with E-state index in [1.807, 2.05) is 4.90 Å². The Balaban J connectivity index is 2.34. The topological polar surface area (TPSA) is 40.6 Å². The Morgan fingerprint density at radius 3 is 2.76 bits per heavy atom. The summed E-state index contributed by atoms with van der Waals surface area (Å²) in [5.74, 6) is 0.0352. The van der Waals surface area contributed by atoms with Crippen molar-refractivity contribution in [2.75, 3.05) is 31.6 Å². The van der Waals surface area contributed by atoms with Crippen LogP contribution in [0.4, 0.5) is 5.69 Å². The lowest BCUT2D eigenvalue weighted by Gasteiger charge is -2.34. The van der Waals surface area contributed by atoms with E-state index >= 15 is 0 Å². The fourth-order valence-corrected chi connectivity index (χ4v) is 2.21. The van der Waals surface area contributed by atoms with Crippen LogP contribution in [0.2, 0.25) is 5.02 Å². The highest BCUT2D eigenvalue weighted by Crippen LogP contribution is 2.29. The van der Waals surface area contributed by atoms with Gasteiger partial charge in [0.2, 0.25) is 5.91 Å². The third-order valence-corrected chi connectivity index (χ3v) is 3.22. The number of nitrogens with zero attached hydrogens (tertiary/aromatic N) is 2. The predicted octanol–water partition coefficient (Wildman–Crippen LogP) is 1.43. The lowest BCUT2D eigenvalue weighted by Crippen LogP contribution is -2.48. The van der Waals surface area contributed by atoms with Crippen molar-refractivity contribution in [1.82, 2.24) is 4.90 Å². The van der Waals surface area contributed by atoms with Crippen molar-refractivity contribution >= 4 is 29.5 Å². The molecule has 1 amide bonds. The number of hydrogen-bond donors (Lipinski definition) is 0. The number of benzene rings is 1. The summed E-state index contributed by atoms with van der Waals surface area (Å²) < 4.78 is 0. The van der Waals surface area contributed by atoms with E-state index in [4.69, 9.17) is 11.6 Å². The molecule has 0 unspecified atom stereocenters. The van der Waals surface area contributed by atoms with Crippen LogP contribution in [0.15, 0.2) is 18.2 Å². The van der Waals surface area contributed by atoms with Gasteiger partial charge in [0.15, 0.2) is 6.29 Å². The Labute approximate surface area is 105 Å². The van der Waals surface area contributed by atoms with Crippen molar-refractivity contribution in [3.05, 3.63) is 28.8 Å². The second kappa shape index (κ2) is 4.75. The van der Waals surface area contributed by atoms with Crippen LogP contribution in [0.5, 0.6) is 0 Å². The molecule has 2 rings (SSSR count). The van der Waals surface area contributed by atoms with Crippen LogP contribution in [-0.4, -0.2) is 43.8 Å². The summed E-state index contributed by atoms with van der Waals surface area (Å²) in [7, 11) is 1.77. The number of piperazine rings is 1. The van der Waals surface area contributed by atoms with Gasteiger partial charge >= 0.3 is 0 Å². The first-order valence-corrected chi connectivity index (χ1v) is 5.74. The van der Waals surface area contributed by atoms with Crippen LogP contribution in [0.3, 0.4) is 0 Å². The summed E-state index contributed by atoms with van der Waals surface area (Å²) in [6.45, 7) is 1.59. The third-order valence-electron chi connectivity index (χ3n) is 2.92. The molecule has 0 aromatic heterocycles. The second-order valence-corrected chi connectivity index (χ2v) is 4.44. The van der Waals surface area contributed by atoms with Crippen LogP contribution in [0.25, 0.3) is 0 Å². The highest BCUT2D eigenvalue weighted by atomic mass is 35.5. The summed E-state index contributed by atoms with van der Waals surface area (Å²) in [6, 6.07) is 5.16. The van der Waals surface area contributed by atoms with Crippen molar-refractivity contribution in [3.63, 3.8) is 0 Å². The molecule has 17 heavy (non-hydrogen) atoms. The van der Waals surface area contributed by atoms with Crippen LogP contribution in [-0.2, 0) is 4.79 Å². The van der Waals surface area contributed by atoms with Gasteiger partial charge < -0.3 is 9.80 Å². The zero-order valence-electron chi connectivity index (χ0n) is 9.52. The summed E-state index contributed by atoms with van der Waals surface area (Å²) in [4.78, 5) is 26.2. The van der Waals surface area contributed by atoms with Crippen molar-refractivity contribution in [3.8, 4) is 0 Å². The Kier molecular flexibility index (Phi) is 3.33. The lowest BCUT2D eigenvalue weighted by molar-refractivity contribution is -0.129. The highest BCUT2D eigenvalue weighted by Gasteiger charge is 2.24. The molecule has 0 aliphatic carbocycles. The van der Waals surface area contributed by atoms with E-state index < -0.39 is 0 Å². The molecule has 0 bridgehead atoms. The van der Waals surface area contributed by atoms with E-state index in [-0.39, 0.29) is 12.5 Å². The first-order chi connectivity index (χ1) is 8.13. The van der Waals surface area contributed by atoms with Gasteiger partial charge in [0.25, 0.3) is 0 Å². The first-order valence-electron chi connectivity index (χ1n) is 5.36. The van der Waals surface area contributed by atoms with Crippen molar-refractivity contribution < 1.29 is 9.59 Å². The monoisotopic (exact) mass is 252 g/mol. The van der Waals surface area contributed by atoms with Crippen molar-refractivity contribution in [2.45, 2.75) is 0 Å². The maximum absolute atomic E-state index is 11.6. The summed E-state index contributed by atoms with van der Waals surface area (Å²) in [6.07, 6.45) is 0.768. The number of para-hydroxylation sites is 1. The van der Waals surface area contributed by atoms with Gasteiger partial charge in [0, 0.05) is 25.7 Å². The zero-order chi connectivity index (χ0) is 12.4. The van der Waals surface area contributed by atoms with E-state index in [9.17, 15) is 9.59 Å². The van der Waals surface area contributed by atoms with Crippen LogP contribution >= 0.6 is 11.6 Å². The van der Waals surface area contributed by atoms with Gasteiger partial charge in [0.05, 0.1) is 17.3 Å². The van der Waals surface area contributed by atoms with Crippen LogP contribution in [0, 0.1) is 0 Å². The summed E-state index contributed by atoms with van der Waals surface area (Å²) in [5, 5.41) is 0.506. The Morgan fingerprint density at radius 1 is 1.35 bits per heavy atom. The van der Waals surface area contributed by atoms with Crippen molar-refractivity contribution in [1.29, 1.82) is 0 Å². The van der Waals surface area contributed by atoms with E-state index in [2.05, 4.69) is 0 Å². The number of hydrogen-bond acceptors (Lipinski definition) is 3. The lowest BCUT2D eigenvalue weighted by atomic mass is 10.1. The average Bonchev–Trinajstić information content (AvgIpc) is 2.32. The van der Waals surface area contributed by atoms with Gasteiger partial charge in [0.1, 0.15) is 0 Å². The number of amides is 1. The van der Waals surface area contributed by atoms with E-state index in [1.165, 1.54) is 0 Å². The molecule has 0 N–H and O–H groups in total. The normalized spacial score (nSPS) is 16.2. The second-order valence-electron chi connectivity index (χ2n) is 4.03. The average molecular weight is 253 g/mol. The number of halogens is 1. The minimum absolute atomic E-state index is 0.0352. The number of rotatable bonds is 2. The molecule has 0 radical (unpaired) electrons. The standard InChI is InChI=1S/C12H13ClN2O2/c1-14-5-6-15(7-11(14)17)12-9(8-16)3-2-4-10(12)13/h2-4,8H,5-7H2,1H3. The molecule has 1 fully saturated rings. The fraction of sp³-hybridized carbons (Fsp3) is 0.333. The number of carbonyl (C=O) groups is 2. The Morgan fingerprint density at radius 2 is 2.12 bits per heavy atom. The molecule has 0 saturated carbocycles. The van der Waals surface area contributed by atoms with Crippen molar-refractivity contribution in [2.24, 2.45) is 0 Å². The molecular formula is C12H13ClN2O2. The van der Waals surface area contributed by atoms with Gasteiger partial charge in [-0.3, -0.25) is 9.59 Å². The molecule has 1 aromatic rings. The predicted molar refractivity (Wildman–Crippen MR) is 66.7 cm³/mol. The summed E-state index contributed by atoms with van der Waals surface area (Å²) >= 11 is 6.10. The minimum Gasteiger partial charge on any atom is -0.359 e. The summed E-state index contributed by atoms with van der Waals surface area (Å²) in [5.41, 5.74) is 1.18. The van der Waals surface area contributed by atoms with E-state index in [0.29, 0.717) is 29.4 Å². The molecule has 0 spiro atoms. The molecule has 0 atom stereocenters. The SMILES string of the molecule is CN1CCN(c2c(Cl)cccc2C=O)CC1=O. The largest absolute Gasteiger partial charge is 0.359 e. The maximum Gasteiger partial charge on any atom is 0.241 e.